The Hall–Kier alpha value is -1.67. The standard InChI is InChI=1S/C15H21BrN2O5/c1-15(2,3)13(16)12(19)11(17-14(20)21)8-9-4-6-10(7-5-9)18(22)23/h4-7,11-13,17,19H,8H2,1-3H3,(H,20,21). The lowest BCUT2D eigenvalue weighted by molar-refractivity contribution is -0.384. The maximum absolute atomic E-state index is 11.0. The third-order valence-corrected chi connectivity index (χ3v) is 5.37. The number of nitrogens with one attached hydrogen (secondary N) is 1. The van der Waals surface area contributed by atoms with Gasteiger partial charge in [0.2, 0.25) is 0 Å². The first-order valence-electron chi connectivity index (χ1n) is 7.07. The lowest BCUT2D eigenvalue weighted by atomic mass is 9.85. The molecule has 0 radical (unpaired) electrons. The molecular weight excluding hydrogens is 368 g/mol. The number of hydrogen-bond donors (Lipinski definition) is 3. The summed E-state index contributed by atoms with van der Waals surface area (Å²) in [5.74, 6) is 0. The third kappa shape index (κ3) is 5.80. The summed E-state index contributed by atoms with van der Waals surface area (Å²) in [7, 11) is 0. The van der Waals surface area contributed by atoms with Crippen LogP contribution in [0.5, 0.6) is 0 Å². The molecule has 0 aromatic heterocycles. The van der Waals surface area contributed by atoms with Crippen LogP contribution < -0.4 is 5.32 Å². The molecule has 3 unspecified atom stereocenters. The van der Waals surface area contributed by atoms with E-state index in [9.17, 15) is 20.0 Å². The molecule has 1 aromatic rings. The van der Waals surface area contributed by atoms with E-state index in [1.807, 2.05) is 20.8 Å². The predicted molar refractivity (Wildman–Crippen MR) is 89.9 cm³/mol. The van der Waals surface area contributed by atoms with Crippen LogP contribution in [0.4, 0.5) is 10.5 Å². The fourth-order valence-corrected chi connectivity index (χ4v) is 2.51. The van der Waals surface area contributed by atoms with Crippen molar-refractivity contribution in [2.75, 3.05) is 0 Å². The molecule has 3 atom stereocenters. The average Bonchev–Trinajstić information content (AvgIpc) is 2.44. The summed E-state index contributed by atoms with van der Waals surface area (Å²) in [6.45, 7) is 5.79. The van der Waals surface area contributed by atoms with Gasteiger partial charge in [0.25, 0.3) is 5.69 Å². The molecule has 1 rings (SSSR count). The first-order valence-corrected chi connectivity index (χ1v) is 7.99. The Morgan fingerprint density at radius 3 is 2.26 bits per heavy atom. The summed E-state index contributed by atoms with van der Waals surface area (Å²) < 4.78 is 0. The highest BCUT2D eigenvalue weighted by Crippen LogP contribution is 2.30. The van der Waals surface area contributed by atoms with Gasteiger partial charge in [-0.15, -0.1) is 0 Å². The molecule has 7 nitrogen and oxygen atoms in total. The zero-order valence-electron chi connectivity index (χ0n) is 13.2. The first kappa shape index (κ1) is 19.4. The second kappa shape index (κ2) is 7.74. The summed E-state index contributed by atoms with van der Waals surface area (Å²) in [6.07, 6.45) is -1.96. The molecule has 0 aliphatic rings. The highest BCUT2D eigenvalue weighted by atomic mass is 79.9. The van der Waals surface area contributed by atoms with E-state index in [0.29, 0.717) is 5.56 Å². The number of halogens is 1. The second-order valence-electron chi connectivity index (χ2n) is 6.44. The number of aliphatic hydroxyl groups excluding tert-OH is 1. The van der Waals surface area contributed by atoms with Crippen LogP contribution in [0.1, 0.15) is 26.3 Å². The van der Waals surface area contributed by atoms with Crippen LogP contribution in [0.15, 0.2) is 24.3 Å². The Morgan fingerprint density at radius 1 is 1.35 bits per heavy atom. The van der Waals surface area contributed by atoms with Crippen LogP contribution in [0.3, 0.4) is 0 Å². The minimum atomic E-state index is -1.23. The van der Waals surface area contributed by atoms with Gasteiger partial charge in [0.05, 0.1) is 17.1 Å². The molecule has 8 heteroatoms. The number of non-ortho nitro benzene ring substituents is 1. The maximum Gasteiger partial charge on any atom is 0.404 e. The molecule has 0 aliphatic carbocycles. The Morgan fingerprint density at radius 2 is 1.87 bits per heavy atom. The number of amides is 1. The predicted octanol–water partition coefficient (Wildman–Crippen LogP) is 2.94. The van der Waals surface area contributed by atoms with Gasteiger partial charge in [-0.05, 0) is 17.4 Å². The van der Waals surface area contributed by atoms with Gasteiger partial charge in [-0.2, -0.15) is 0 Å². The van der Waals surface area contributed by atoms with Gasteiger partial charge in [-0.1, -0.05) is 48.8 Å². The number of benzene rings is 1. The van der Waals surface area contributed by atoms with Crippen LogP contribution in [0, 0.1) is 15.5 Å². The van der Waals surface area contributed by atoms with Gasteiger partial charge >= 0.3 is 6.09 Å². The maximum atomic E-state index is 11.0. The minimum Gasteiger partial charge on any atom is -0.465 e. The molecule has 1 amide bonds. The van der Waals surface area contributed by atoms with Crippen molar-refractivity contribution >= 4 is 27.7 Å². The normalized spacial score (nSPS) is 15.5. The van der Waals surface area contributed by atoms with E-state index < -0.39 is 23.2 Å². The summed E-state index contributed by atoms with van der Waals surface area (Å²) in [5, 5.41) is 32.4. The lowest BCUT2D eigenvalue weighted by Crippen LogP contribution is -2.50. The largest absolute Gasteiger partial charge is 0.465 e. The number of alkyl halides is 1. The van der Waals surface area contributed by atoms with Gasteiger partial charge in [0.1, 0.15) is 0 Å². The minimum absolute atomic E-state index is 0.0369. The van der Waals surface area contributed by atoms with Crippen LogP contribution in [0.2, 0.25) is 0 Å². The number of nitro benzene ring substituents is 1. The average molecular weight is 389 g/mol. The molecular formula is C15H21BrN2O5. The number of hydrogen-bond acceptors (Lipinski definition) is 4. The van der Waals surface area contributed by atoms with E-state index in [4.69, 9.17) is 5.11 Å². The van der Waals surface area contributed by atoms with E-state index in [0.717, 1.165) is 0 Å². The van der Waals surface area contributed by atoms with Crippen LogP contribution in [-0.4, -0.2) is 38.2 Å². The van der Waals surface area contributed by atoms with E-state index >= 15 is 0 Å². The van der Waals surface area contributed by atoms with Crippen molar-refractivity contribution in [1.82, 2.24) is 5.32 Å². The van der Waals surface area contributed by atoms with E-state index in [1.165, 1.54) is 12.1 Å². The fourth-order valence-electron chi connectivity index (χ4n) is 2.14. The number of nitrogens with zero attached hydrogens (tertiary/aromatic N) is 1. The first-order chi connectivity index (χ1) is 10.5. The quantitative estimate of drug-likeness (QED) is 0.393. The molecule has 1 aromatic carbocycles. The van der Waals surface area contributed by atoms with E-state index in [2.05, 4.69) is 21.2 Å². The Labute approximate surface area is 143 Å². The molecule has 128 valence electrons. The number of aliphatic hydroxyl groups is 1. The lowest BCUT2D eigenvalue weighted by Gasteiger charge is -2.34. The molecule has 0 bridgehead atoms. The molecule has 0 saturated carbocycles. The molecule has 0 heterocycles. The SMILES string of the molecule is CC(C)(C)C(Br)C(O)C(Cc1ccc([N+](=O)[O-])cc1)NC(=O)O. The van der Waals surface area contributed by atoms with Crippen molar-refractivity contribution in [3.63, 3.8) is 0 Å². The number of carboxylic acid groups (broad SMARTS) is 1. The Balaban J connectivity index is 2.94. The van der Waals surface area contributed by atoms with Crippen molar-refractivity contribution in [2.45, 2.75) is 44.2 Å². The summed E-state index contributed by atoms with van der Waals surface area (Å²) in [5.41, 5.74) is 0.389. The highest BCUT2D eigenvalue weighted by molar-refractivity contribution is 9.09. The van der Waals surface area contributed by atoms with Gasteiger partial charge in [0.15, 0.2) is 0 Å². The Kier molecular flexibility index (Phi) is 6.52. The third-order valence-electron chi connectivity index (χ3n) is 3.45. The van der Waals surface area contributed by atoms with E-state index in [1.54, 1.807) is 12.1 Å². The van der Waals surface area contributed by atoms with Gasteiger partial charge in [-0.25, -0.2) is 4.79 Å². The number of nitro groups is 1. The van der Waals surface area contributed by atoms with Crippen molar-refractivity contribution in [3.05, 3.63) is 39.9 Å². The summed E-state index contributed by atoms with van der Waals surface area (Å²) in [6, 6.07) is 5.09. The molecule has 0 aliphatic heterocycles. The highest BCUT2D eigenvalue weighted by Gasteiger charge is 2.34. The topological polar surface area (TPSA) is 113 Å². The van der Waals surface area contributed by atoms with Crippen molar-refractivity contribution in [1.29, 1.82) is 0 Å². The summed E-state index contributed by atoms with van der Waals surface area (Å²) in [4.78, 5) is 20.8. The van der Waals surface area contributed by atoms with Crippen LogP contribution in [-0.2, 0) is 6.42 Å². The molecule has 3 N–H and O–H groups in total. The molecule has 0 spiro atoms. The van der Waals surface area contributed by atoms with Crippen LogP contribution in [0.25, 0.3) is 0 Å². The monoisotopic (exact) mass is 388 g/mol. The van der Waals surface area contributed by atoms with Gasteiger partial charge < -0.3 is 15.5 Å². The van der Waals surface area contributed by atoms with Crippen LogP contribution >= 0.6 is 15.9 Å². The number of carbonyl (C=O) groups is 1. The molecule has 0 fully saturated rings. The van der Waals surface area contributed by atoms with Crippen molar-refractivity contribution < 1.29 is 19.9 Å². The smallest absolute Gasteiger partial charge is 0.404 e. The zero-order valence-corrected chi connectivity index (χ0v) is 14.8. The van der Waals surface area contributed by atoms with Crippen molar-refractivity contribution in [2.24, 2.45) is 5.41 Å². The Bertz CT molecular complexity index is 556. The summed E-state index contributed by atoms with van der Waals surface area (Å²) >= 11 is 3.43. The van der Waals surface area contributed by atoms with Gasteiger partial charge in [-0.3, -0.25) is 10.1 Å². The van der Waals surface area contributed by atoms with Crippen molar-refractivity contribution in [3.8, 4) is 0 Å². The second-order valence-corrected chi connectivity index (χ2v) is 7.43. The molecule has 23 heavy (non-hydrogen) atoms. The zero-order chi connectivity index (χ0) is 17.8. The molecule has 0 saturated heterocycles. The fraction of sp³-hybridized carbons (Fsp3) is 0.533. The number of rotatable bonds is 6. The van der Waals surface area contributed by atoms with E-state index in [-0.39, 0.29) is 22.4 Å². The van der Waals surface area contributed by atoms with Gasteiger partial charge in [0, 0.05) is 17.0 Å².